The van der Waals surface area contributed by atoms with Gasteiger partial charge in [0, 0.05) is 9.93 Å². The highest BCUT2D eigenvalue weighted by Gasteiger charge is 2.44. The summed E-state index contributed by atoms with van der Waals surface area (Å²) in [6.45, 7) is 2.33. The Kier molecular flexibility index (Phi) is 3.67. The zero-order chi connectivity index (χ0) is 13.5. The Morgan fingerprint density at radius 2 is 1.74 bits per heavy atom. The average Bonchev–Trinajstić information content (AvgIpc) is 2.66. The van der Waals surface area contributed by atoms with E-state index >= 15 is 0 Å². The molecule has 0 aromatic heterocycles. The minimum absolute atomic E-state index is 0.303. The summed E-state index contributed by atoms with van der Waals surface area (Å²) in [5, 5.41) is 0.811. The molecule has 1 heterocycles. The topological polar surface area (TPSA) is 3.24 Å². The second-order valence-corrected chi connectivity index (χ2v) is 7.22. The number of nitrogens with zero attached hydrogens (tertiary/aromatic N) is 1. The van der Waals surface area contributed by atoms with E-state index in [0.717, 1.165) is 5.02 Å². The second-order valence-electron chi connectivity index (χ2n) is 5.64. The predicted octanol–water partition coefficient (Wildman–Crippen LogP) is 5.37. The van der Waals surface area contributed by atoms with Gasteiger partial charge in [-0.15, -0.1) is 0 Å². The van der Waals surface area contributed by atoms with Crippen LogP contribution < -0.4 is 0 Å². The summed E-state index contributed by atoms with van der Waals surface area (Å²) >= 11 is 7.90. The summed E-state index contributed by atoms with van der Waals surface area (Å²) in [4.78, 5) is 1.43. The molecule has 3 heteroatoms. The third kappa shape index (κ3) is 2.24. The highest BCUT2D eigenvalue weighted by Crippen LogP contribution is 2.53. The van der Waals surface area contributed by atoms with Crippen LogP contribution in [-0.4, -0.2) is 16.9 Å². The standard InChI is InChI=1S/C16H20ClNS/c1-12-15(13-6-8-14(17)9-7-13)19-18(2)16(12)10-4-3-5-11-16/h6-9H,3-5,10-11H2,1-2H3. The minimum atomic E-state index is 0.303. The molecule has 1 spiro atoms. The molecule has 1 nitrogen and oxygen atoms in total. The Balaban J connectivity index is 1.99. The van der Waals surface area contributed by atoms with Gasteiger partial charge in [-0.3, -0.25) is 0 Å². The largest absolute Gasteiger partial charge is 0.239 e. The van der Waals surface area contributed by atoms with Crippen molar-refractivity contribution in [2.45, 2.75) is 44.6 Å². The van der Waals surface area contributed by atoms with E-state index in [-0.39, 0.29) is 0 Å². The summed E-state index contributed by atoms with van der Waals surface area (Å²) in [5.41, 5.74) is 3.17. The van der Waals surface area contributed by atoms with Gasteiger partial charge in [0.15, 0.2) is 0 Å². The van der Waals surface area contributed by atoms with Crippen molar-refractivity contribution >= 4 is 28.5 Å². The summed E-state index contributed by atoms with van der Waals surface area (Å²) in [7, 11) is 2.25. The SMILES string of the molecule is CC1=C(c2ccc(Cl)cc2)SN(C)C12CCCCC2. The van der Waals surface area contributed by atoms with Crippen LogP contribution in [0.4, 0.5) is 0 Å². The highest BCUT2D eigenvalue weighted by atomic mass is 35.5. The number of benzene rings is 1. The fraction of sp³-hybridized carbons (Fsp3) is 0.500. The van der Waals surface area contributed by atoms with Crippen molar-refractivity contribution in [2.75, 3.05) is 7.05 Å². The Morgan fingerprint density at radius 3 is 2.37 bits per heavy atom. The molecule has 19 heavy (non-hydrogen) atoms. The van der Waals surface area contributed by atoms with Crippen LogP contribution in [0, 0.1) is 0 Å². The van der Waals surface area contributed by atoms with Gasteiger partial charge in [0.2, 0.25) is 0 Å². The lowest BCUT2D eigenvalue weighted by Crippen LogP contribution is -2.42. The number of hydrogen-bond acceptors (Lipinski definition) is 2. The second kappa shape index (κ2) is 5.16. The number of halogens is 1. The van der Waals surface area contributed by atoms with Crippen LogP contribution in [0.15, 0.2) is 29.8 Å². The van der Waals surface area contributed by atoms with Crippen LogP contribution in [0.5, 0.6) is 0 Å². The Labute approximate surface area is 125 Å². The maximum Gasteiger partial charge on any atom is 0.0533 e. The van der Waals surface area contributed by atoms with Crippen molar-refractivity contribution in [2.24, 2.45) is 0 Å². The molecule has 0 saturated heterocycles. The van der Waals surface area contributed by atoms with Crippen molar-refractivity contribution in [3.8, 4) is 0 Å². The van der Waals surface area contributed by atoms with E-state index in [1.807, 2.05) is 24.1 Å². The highest BCUT2D eigenvalue weighted by molar-refractivity contribution is 8.06. The number of likely N-dealkylation sites (N-methyl/N-ethyl adjacent to an activating group) is 1. The van der Waals surface area contributed by atoms with Gasteiger partial charge in [-0.2, -0.15) is 0 Å². The molecule has 0 N–H and O–H groups in total. The van der Waals surface area contributed by atoms with Gasteiger partial charge in [-0.25, -0.2) is 4.31 Å². The van der Waals surface area contributed by atoms with E-state index in [2.05, 4.69) is 30.4 Å². The van der Waals surface area contributed by atoms with Crippen LogP contribution in [0.1, 0.15) is 44.6 Å². The first-order chi connectivity index (χ1) is 9.13. The van der Waals surface area contributed by atoms with Crippen molar-refractivity contribution in [1.82, 2.24) is 4.31 Å². The first kappa shape index (κ1) is 13.5. The van der Waals surface area contributed by atoms with Crippen LogP contribution >= 0.6 is 23.5 Å². The maximum atomic E-state index is 5.99. The molecular formula is C16H20ClNS. The van der Waals surface area contributed by atoms with Gasteiger partial charge in [-0.05, 0) is 62.0 Å². The molecule has 1 aliphatic heterocycles. The predicted molar refractivity (Wildman–Crippen MR) is 85.2 cm³/mol. The van der Waals surface area contributed by atoms with Crippen molar-refractivity contribution in [3.63, 3.8) is 0 Å². The zero-order valence-electron chi connectivity index (χ0n) is 11.6. The molecule has 0 atom stereocenters. The lowest BCUT2D eigenvalue weighted by atomic mass is 9.76. The molecular weight excluding hydrogens is 274 g/mol. The van der Waals surface area contributed by atoms with Crippen molar-refractivity contribution < 1.29 is 0 Å². The normalized spacial score (nSPS) is 23.3. The Morgan fingerprint density at radius 1 is 1.11 bits per heavy atom. The van der Waals surface area contributed by atoms with Gasteiger partial charge in [0.1, 0.15) is 0 Å². The van der Waals surface area contributed by atoms with E-state index in [4.69, 9.17) is 11.6 Å². The van der Waals surface area contributed by atoms with Gasteiger partial charge in [0.25, 0.3) is 0 Å². The van der Waals surface area contributed by atoms with Gasteiger partial charge >= 0.3 is 0 Å². The molecule has 102 valence electrons. The summed E-state index contributed by atoms with van der Waals surface area (Å²) in [6, 6.07) is 8.26. The Bertz CT molecular complexity index is 500. The van der Waals surface area contributed by atoms with Crippen molar-refractivity contribution in [3.05, 3.63) is 40.4 Å². The van der Waals surface area contributed by atoms with Gasteiger partial charge in [-0.1, -0.05) is 43.0 Å². The summed E-state index contributed by atoms with van der Waals surface area (Å²) < 4.78 is 2.49. The van der Waals surface area contributed by atoms with E-state index in [9.17, 15) is 0 Å². The van der Waals surface area contributed by atoms with Crippen molar-refractivity contribution in [1.29, 1.82) is 0 Å². The first-order valence-electron chi connectivity index (χ1n) is 7.02. The minimum Gasteiger partial charge on any atom is -0.239 e. The quantitative estimate of drug-likeness (QED) is 0.641. The monoisotopic (exact) mass is 293 g/mol. The van der Waals surface area contributed by atoms with Gasteiger partial charge < -0.3 is 0 Å². The molecule has 1 aliphatic carbocycles. The van der Waals surface area contributed by atoms with Crippen LogP contribution in [0.2, 0.25) is 5.02 Å². The molecule has 0 radical (unpaired) electrons. The molecule has 3 rings (SSSR count). The molecule has 1 saturated carbocycles. The summed E-state index contributed by atoms with van der Waals surface area (Å²) in [6.07, 6.45) is 6.72. The first-order valence-corrected chi connectivity index (χ1v) is 8.18. The molecule has 2 aliphatic rings. The van der Waals surface area contributed by atoms with E-state index in [0.29, 0.717) is 5.54 Å². The Hall–Kier alpha value is -0.440. The maximum absolute atomic E-state index is 5.99. The molecule has 0 amide bonds. The molecule has 1 aromatic carbocycles. The number of rotatable bonds is 1. The lowest BCUT2D eigenvalue weighted by Gasteiger charge is -2.40. The fourth-order valence-electron chi connectivity index (χ4n) is 3.44. The lowest BCUT2D eigenvalue weighted by molar-refractivity contribution is 0.211. The molecule has 0 unspecified atom stereocenters. The van der Waals surface area contributed by atoms with E-state index < -0.39 is 0 Å². The van der Waals surface area contributed by atoms with Crippen LogP contribution in [-0.2, 0) is 0 Å². The third-order valence-electron chi connectivity index (χ3n) is 4.66. The van der Waals surface area contributed by atoms with Crippen LogP contribution in [0.25, 0.3) is 4.91 Å². The summed E-state index contributed by atoms with van der Waals surface area (Å²) in [5.74, 6) is 0. The smallest absolute Gasteiger partial charge is 0.0533 e. The molecule has 1 aromatic rings. The molecule has 1 fully saturated rings. The van der Waals surface area contributed by atoms with E-state index in [1.165, 1.54) is 42.6 Å². The average molecular weight is 294 g/mol. The number of hydrogen-bond donors (Lipinski definition) is 0. The van der Waals surface area contributed by atoms with E-state index in [1.54, 1.807) is 5.57 Å². The molecule has 0 bridgehead atoms. The van der Waals surface area contributed by atoms with Gasteiger partial charge in [0.05, 0.1) is 5.54 Å². The fourth-order valence-corrected chi connectivity index (χ4v) is 4.90. The third-order valence-corrected chi connectivity index (χ3v) is 6.26. The van der Waals surface area contributed by atoms with Crippen LogP contribution in [0.3, 0.4) is 0 Å². The zero-order valence-corrected chi connectivity index (χ0v) is 13.2.